The average molecular weight is 400 g/mol. The normalized spacial score (nSPS) is 10.6. The van der Waals surface area contributed by atoms with Crippen LogP contribution < -0.4 is 5.32 Å². The highest BCUT2D eigenvalue weighted by molar-refractivity contribution is 7.15. The number of aromatic nitrogens is 3. The highest BCUT2D eigenvalue weighted by atomic mass is 35.5. The molecule has 3 aromatic rings. The van der Waals surface area contributed by atoms with E-state index in [0.717, 1.165) is 10.6 Å². The van der Waals surface area contributed by atoms with Crippen molar-refractivity contribution in [3.05, 3.63) is 67.9 Å². The molecule has 2 aromatic heterocycles. The van der Waals surface area contributed by atoms with Crippen LogP contribution in [0, 0.1) is 0 Å². The Balaban J connectivity index is 1.73. The monoisotopic (exact) mass is 398 g/mol. The van der Waals surface area contributed by atoms with Gasteiger partial charge in [-0.15, -0.1) is 10.2 Å². The van der Waals surface area contributed by atoms with Crippen molar-refractivity contribution >= 4 is 57.2 Å². The molecule has 1 aromatic carbocycles. The SMILES string of the molecule is O=C(Nc1nnc(Cc2ccccc2)s1)c1ncc(Cl)c(Cl)c1Cl. The molecular weight excluding hydrogens is 391 g/mol. The van der Waals surface area contributed by atoms with E-state index in [4.69, 9.17) is 34.8 Å². The van der Waals surface area contributed by atoms with Gasteiger partial charge in [-0.2, -0.15) is 0 Å². The highest BCUT2D eigenvalue weighted by Gasteiger charge is 2.18. The number of nitrogens with zero attached hydrogens (tertiary/aromatic N) is 3. The van der Waals surface area contributed by atoms with Gasteiger partial charge >= 0.3 is 0 Å². The molecule has 0 saturated heterocycles. The van der Waals surface area contributed by atoms with Gasteiger partial charge in [-0.1, -0.05) is 76.5 Å². The van der Waals surface area contributed by atoms with Gasteiger partial charge in [-0.05, 0) is 5.56 Å². The fraction of sp³-hybridized carbons (Fsp3) is 0.0667. The lowest BCUT2D eigenvalue weighted by atomic mass is 10.2. The lowest BCUT2D eigenvalue weighted by Gasteiger charge is -2.05. The van der Waals surface area contributed by atoms with Crippen molar-refractivity contribution in [1.29, 1.82) is 0 Å². The molecule has 0 aliphatic carbocycles. The van der Waals surface area contributed by atoms with Gasteiger partial charge in [0.1, 0.15) is 10.7 Å². The molecule has 0 atom stereocenters. The molecule has 1 amide bonds. The summed E-state index contributed by atoms with van der Waals surface area (Å²) in [6.45, 7) is 0. The number of carbonyl (C=O) groups is 1. The van der Waals surface area contributed by atoms with E-state index in [0.29, 0.717) is 11.6 Å². The molecule has 0 fully saturated rings. The standard InChI is InChI=1S/C15H9Cl3N4OS/c16-9-7-19-13(12(18)11(9)17)14(23)20-15-22-21-10(24-15)6-8-4-2-1-3-5-8/h1-5,7H,6H2,(H,20,22,23). The predicted molar refractivity (Wildman–Crippen MR) is 96.4 cm³/mol. The van der Waals surface area contributed by atoms with Crippen LogP contribution in [0.4, 0.5) is 5.13 Å². The van der Waals surface area contributed by atoms with Gasteiger partial charge < -0.3 is 0 Å². The van der Waals surface area contributed by atoms with Crippen LogP contribution >= 0.6 is 46.1 Å². The lowest BCUT2D eigenvalue weighted by molar-refractivity contribution is 0.102. The second-order valence-electron chi connectivity index (χ2n) is 4.70. The Bertz CT molecular complexity index is 886. The van der Waals surface area contributed by atoms with Gasteiger partial charge in [0.15, 0.2) is 0 Å². The van der Waals surface area contributed by atoms with E-state index in [-0.39, 0.29) is 20.8 Å². The molecule has 0 aliphatic rings. The first kappa shape index (κ1) is 17.1. The molecule has 0 spiro atoms. The second kappa shape index (κ2) is 7.44. The zero-order valence-electron chi connectivity index (χ0n) is 12.0. The number of carbonyl (C=O) groups excluding carboxylic acids is 1. The van der Waals surface area contributed by atoms with Crippen LogP contribution in [0.25, 0.3) is 0 Å². The van der Waals surface area contributed by atoms with Crippen LogP contribution in [0.15, 0.2) is 36.5 Å². The average Bonchev–Trinajstić information content (AvgIpc) is 3.00. The molecule has 122 valence electrons. The van der Waals surface area contributed by atoms with Gasteiger partial charge in [0.05, 0.1) is 15.1 Å². The maximum absolute atomic E-state index is 12.2. The Morgan fingerprint density at radius 3 is 2.58 bits per heavy atom. The molecule has 9 heteroatoms. The van der Waals surface area contributed by atoms with Crippen LogP contribution in [-0.2, 0) is 6.42 Å². The summed E-state index contributed by atoms with van der Waals surface area (Å²) in [6.07, 6.45) is 1.91. The van der Waals surface area contributed by atoms with Crippen LogP contribution in [0.1, 0.15) is 21.1 Å². The van der Waals surface area contributed by atoms with Crippen LogP contribution in [0.5, 0.6) is 0 Å². The number of amides is 1. The Labute approximate surface area is 156 Å². The molecule has 0 unspecified atom stereocenters. The van der Waals surface area contributed by atoms with Gasteiger partial charge in [0.2, 0.25) is 5.13 Å². The summed E-state index contributed by atoms with van der Waals surface area (Å²) in [6, 6.07) is 9.86. The molecule has 24 heavy (non-hydrogen) atoms. The van der Waals surface area contributed by atoms with Crippen LogP contribution in [-0.4, -0.2) is 21.1 Å². The van der Waals surface area contributed by atoms with Crippen molar-refractivity contribution < 1.29 is 4.79 Å². The maximum atomic E-state index is 12.2. The minimum Gasteiger partial charge on any atom is -0.295 e. The zero-order valence-corrected chi connectivity index (χ0v) is 15.0. The highest BCUT2D eigenvalue weighted by Crippen LogP contribution is 2.31. The van der Waals surface area contributed by atoms with Crippen LogP contribution in [0.3, 0.4) is 0 Å². The third-order valence-electron chi connectivity index (χ3n) is 3.02. The molecule has 0 radical (unpaired) electrons. The Morgan fingerprint density at radius 2 is 1.83 bits per heavy atom. The quantitative estimate of drug-likeness (QED) is 0.688. The molecular formula is C15H9Cl3N4OS. The molecule has 3 rings (SSSR count). The maximum Gasteiger partial charge on any atom is 0.277 e. The van der Waals surface area contributed by atoms with Crippen molar-refractivity contribution in [3.63, 3.8) is 0 Å². The number of anilines is 1. The summed E-state index contributed by atoms with van der Waals surface area (Å²) in [5.74, 6) is -0.527. The Morgan fingerprint density at radius 1 is 1.08 bits per heavy atom. The molecule has 0 saturated carbocycles. The van der Waals surface area contributed by atoms with Crippen LogP contribution in [0.2, 0.25) is 15.1 Å². The van der Waals surface area contributed by atoms with Crippen molar-refractivity contribution in [2.45, 2.75) is 6.42 Å². The summed E-state index contributed by atoms with van der Waals surface area (Å²) < 4.78 is 0. The van der Waals surface area contributed by atoms with Crippen molar-refractivity contribution in [2.24, 2.45) is 0 Å². The number of rotatable bonds is 4. The van der Waals surface area contributed by atoms with E-state index in [1.54, 1.807) is 0 Å². The first-order chi connectivity index (χ1) is 11.5. The fourth-order valence-electron chi connectivity index (χ4n) is 1.90. The van der Waals surface area contributed by atoms with E-state index >= 15 is 0 Å². The Kier molecular flexibility index (Phi) is 5.30. The first-order valence-electron chi connectivity index (χ1n) is 6.71. The Hall–Kier alpha value is -1.73. The summed E-state index contributed by atoms with van der Waals surface area (Å²) in [5.41, 5.74) is 1.09. The number of pyridine rings is 1. The van der Waals surface area contributed by atoms with Gasteiger partial charge in [0, 0.05) is 12.6 Å². The third kappa shape index (κ3) is 3.84. The minimum absolute atomic E-state index is 0.00399. The van der Waals surface area contributed by atoms with E-state index in [2.05, 4.69) is 20.5 Å². The summed E-state index contributed by atoms with van der Waals surface area (Å²) in [7, 11) is 0. The lowest BCUT2D eigenvalue weighted by Crippen LogP contribution is -2.14. The fourth-order valence-corrected chi connectivity index (χ4v) is 3.24. The first-order valence-corrected chi connectivity index (χ1v) is 8.67. The summed E-state index contributed by atoms with van der Waals surface area (Å²) in [4.78, 5) is 16.2. The molecule has 5 nitrogen and oxygen atoms in total. The zero-order chi connectivity index (χ0) is 17.1. The molecule has 1 N–H and O–H groups in total. The van der Waals surface area contributed by atoms with E-state index in [9.17, 15) is 4.79 Å². The topological polar surface area (TPSA) is 67.8 Å². The number of halogens is 3. The predicted octanol–water partition coefficient (Wildman–Crippen LogP) is 4.74. The van der Waals surface area contributed by atoms with Gasteiger partial charge in [-0.3, -0.25) is 10.1 Å². The van der Waals surface area contributed by atoms with Gasteiger partial charge in [0.25, 0.3) is 5.91 Å². The van der Waals surface area contributed by atoms with Crippen molar-refractivity contribution in [1.82, 2.24) is 15.2 Å². The van der Waals surface area contributed by atoms with E-state index in [1.165, 1.54) is 17.5 Å². The summed E-state index contributed by atoms with van der Waals surface area (Å²) in [5, 5.41) is 12.0. The molecule has 0 bridgehead atoms. The molecule has 2 heterocycles. The van der Waals surface area contributed by atoms with Crippen molar-refractivity contribution in [3.8, 4) is 0 Å². The van der Waals surface area contributed by atoms with Gasteiger partial charge in [-0.25, -0.2) is 4.98 Å². The second-order valence-corrected chi connectivity index (χ2v) is 6.93. The van der Waals surface area contributed by atoms with E-state index < -0.39 is 5.91 Å². The number of hydrogen-bond donors (Lipinski definition) is 1. The molecule has 0 aliphatic heterocycles. The number of hydrogen-bond acceptors (Lipinski definition) is 5. The summed E-state index contributed by atoms with van der Waals surface area (Å²) >= 11 is 19.0. The smallest absolute Gasteiger partial charge is 0.277 e. The van der Waals surface area contributed by atoms with E-state index in [1.807, 2.05) is 30.3 Å². The largest absolute Gasteiger partial charge is 0.295 e. The number of benzene rings is 1. The third-order valence-corrected chi connectivity index (χ3v) is 5.10. The number of nitrogens with one attached hydrogen (secondary N) is 1. The van der Waals surface area contributed by atoms with Crippen molar-refractivity contribution in [2.75, 3.05) is 5.32 Å². The minimum atomic E-state index is -0.527.